The van der Waals surface area contributed by atoms with Gasteiger partial charge in [-0.2, -0.15) is 0 Å². The second-order valence-electron chi connectivity index (χ2n) is 4.43. The van der Waals surface area contributed by atoms with Gasteiger partial charge in [0.1, 0.15) is 5.75 Å². The molecule has 0 saturated carbocycles. The third kappa shape index (κ3) is 5.47. The van der Waals surface area contributed by atoms with Crippen LogP contribution in [0.15, 0.2) is 0 Å². The number of carbonyl (C=O) groups is 1. The molecule has 0 spiro atoms. The molecule has 100 valence electrons. The lowest BCUT2D eigenvalue weighted by Gasteiger charge is -2.24. The van der Waals surface area contributed by atoms with Gasteiger partial charge in [-0.1, -0.05) is 0 Å². The third-order valence-corrected chi connectivity index (χ3v) is 3.48. The summed E-state index contributed by atoms with van der Waals surface area (Å²) in [6, 6.07) is 0.213. The second kappa shape index (κ2) is 6.32. The quantitative estimate of drug-likeness (QED) is 0.616. The summed E-state index contributed by atoms with van der Waals surface area (Å²) < 4.78 is 22.1. The minimum Gasteiger partial charge on any atom is -0.395 e. The Morgan fingerprint density at radius 1 is 1.53 bits per heavy atom. The first-order valence-corrected chi connectivity index (χ1v) is 7.78. The maximum Gasteiger partial charge on any atom is 0.237 e. The van der Waals surface area contributed by atoms with Crippen molar-refractivity contribution in [2.24, 2.45) is 0 Å². The van der Waals surface area contributed by atoms with Crippen molar-refractivity contribution in [3.8, 4) is 0 Å². The number of hydrogen-bond acceptors (Lipinski definition) is 5. The summed E-state index contributed by atoms with van der Waals surface area (Å²) in [6.07, 6.45) is 3.09. The average molecular weight is 264 g/mol. The summed E-state index contributed by atoms with van der Waals surface area (Å²) in [5.41, 5.74) is 0. The Balaban J connectivity index is 2.54. The molecule has 1 amide bonds. The van der Waals surface area contributed by atoms with E-state index in [0.717, 1.165) is 25.6 Å². The van der Waals surface area contributed by atoms with Crippen LogP contribution in [0.1, 0.15) is 12.8 Å². The summed E-state index contributed by atoms with van der Waals surface area (Å²) in [6.45, 7) is 1.43. The fourth-order valence-corrected chi connectivity index (χ4v) is 2.56. The third-order valence-electron chi connectivity index (χ3n) is 2.71. The lowest BCUT2D eigenvalue weighted by Crippen LogP contribution is -2.44. The van der Waals surface area contributed by atoms with E-state index in [9.17, 15) is 13.2 Å². The van der Waals surface area contributed by atoms with E-state index >= 15 is 0 Å². The van der Waals surface area contributed by atoms with Gasteiger partial charge >= 0.3 is 0 Å². The number of sulfone groups is 1. The highest BCUT2D eigenvalue weighted by molar-refractivity contribution is 7.91. The van der Waals surface area contributed by atoms with Gasteiger partial charge in [-0.25, -0.2) is 8.42 Å². The highest BCUT2D eigenvalue weighted by atomic mass is 32.2. The van der Waals surface area contributed by atoms with Crippen LogP contribution >= 0.6 is 0 Å². The summed E-state index contributed by atoms with van der Waals surface area (Å²) in [5.74, 6) is -0.921. The molecule has 7 heteroatoms. The van der Waals surface area contributed by atoms with Gasteiger partial charge in [0.25, 0.3) is 0 Å². The fourth-order valence-electron chi connectivity index (χ4n) is 1.93. The van der Waals surface area contributed by atoms with Crippen molar-refractivity contribution < 1.29 is 18.3 Å². The van der Waals surface area contributed by atoms with Gasteiger partial charge in [-0.05, 0) is 19.4 Å². The Kier molecular flexibility index (Phi) is 5.35. The van der Waals surface area contributed by atoms with Crippen molar-refractivity contribution in [3.05, 3.63) is 0 Å². The Morgan fingerprint density at radius 2 is 2.24 bits per heavy atom. The van der Waals surface area contributed by atoms with Crippen molar-refractivity contribution in [1.82, 2.24) is 10.2 Å². The zero-order valence-electron chi connectivity index (χ0n) is 10.1. The standard InChI is InChI=1S/C10H20N2O4S/c1-17(15,16)8-10(14)12(5-6-13)7-9-3-2-4-11-9/h9,11,13H,2-8H2,1H3. The summed E-state index contributed by atoms with van der Waals surface area (Å²) >= 11 is 0. The maximum absolute atomic E-state index is 11.7. The summed E-state index contributed by atoms with van der Waals surface area (Å²) in [7, 11) is -3.31. The lowest BCUT2D eigenvalue weighted by molar-refractivity contribution is -0.129. The number of nitrogens with one attached hydrogen (secondary N) is 1. The van der Waals surface area contributed by atoms with E-state index in [0.29, 0.717) is 6.54 Å². The predicted molar refractivity (Wildman–Crippen MR) is 64.4 cm³/mol. The summed E-state index contributed by atoms with van der Waals surface area (Å²) in [5, 5.41) is 12.1. The first-order chi connectivity index (χ1) is 7.92. The molecule has 1 fully saturated rings. The van der Waals surface area contributed by atoms with Crippen LogP contribution in [0.4, 0.5) is 0 Å². The molecule has 6 nitrogen and oxygen atoms in total. The van der Waals surface area contributed by atoms with Gasteiger partial charge in [0, 0.05) is 25.4 Å². The lowest BCUT2D eigenvalue weighted by atomic mass is 10.2. The minimum absolute atomic E-state index is 0.151. The first kappa shape index (κ1) is 14.4. The normalized spacial score (nSPS) is 20.5. The molecule has 1 unspecified atom stereocenters. The van der Waals surface area contributed by atoms with E-state index in [4.69, 9.17) is 5.11 Å². The maximum atomic E-state index is 11.7. The number of rotatable bonds is 6. The number of amides is 1. The zero-order valence-corrected chi connectivity index (χ0v) is 10.9. The molecule has 0 aromatic carbocycles. The van der Waals surface area contributed by atoms with Crippen molar-refractivity contribution in [2.75, 3.05) is 38.2 Å². The molecular weight excluding hydrogens is 244 g/mol. The van der Waals surface area contributed by atoms with Crippen LogP contribution < -0.4 is 5.32 Å². The van der Waals surface area contributed by atoms with Gasteiger partial charge < -0.3 is 15.3 Å². The molecule has 1 aliphatic rings. The average Bonchev–Trinajstić information content (AvgIpc) is 2.67. The van der Waals surface area contributed by atoms with Gasteiger partial charge in [-0.15, -0.1) is 0 Å². The van der Waals surface area contributed by atoms with Crippen LogP contribution in [0.5, 0.6) is 0 Å². The van der Waals surface area contributed by atoms with E-state index < -0.39 is 21.5 Å². The fraction of sp³-hybridized carbons (Fsp3) is 0.900. The van der Waals surface area contributed by atoms with Crippen LogP contribution in [0, 0.1) is 0 Å². The molecular formula is C10H20N2O4S. The molecule has 1 atom stereocenters. The number of nitrogens with zero attached hydrogens (tertiary/aromatic N) is 1. The molecule has 0 bridgehead atoms. The molecule has 2 N–H and O–H groups in total. The van der Waals surface area contributed by atoms with Crippen LogP contribution in [-0.4, -0.2) is 68.6 Å². The number of aliphatic hydroxyl groups is 1. The molecule has 1 rings (SSSR count). The molecule has 1 aliphatic heterocycles. The predicted octanol–water partition coefficient (Wildman–Crippen LogP) is -1.40. The van der Waals surface area contributed by atoms with E-state index in [1.54, 1.807) is 0 Å². The Morgan fingerprint density at radius 3 is 2.71 bits per heavy atom. The number of carbonyl (C=O) groups excluding carboxylic acids is 1. The zero-order chi connectivity index (χ0) is 12.9. The monoisotopic (exact) mass is 264 g/mol. The van der Waals surface area contributed by atoms with Crippen molar-refractivity contribution in [3.63, 3.8) is 0 Å². The molecule has 0 aromatic heterocycles. The van der Waals surface area contributed by atoms with Gasteiger partial charge in [0.15, 0.2) is 9.84 Å². The molecule has 17 heavy (non-hydrogen) atoms. The number of hydrogen-bond donors (Lipinski definition) is 2. The van der Waals surface area contributed by atoms with Crippen molar-refractivity contribution >= 4 is 15.7 Å². The molecule has 1 heterocycles. The Labute approximate surface area is 102 Å². The second-order valence-corrected chi connectivity index (χ2v) is 6.57. The van der Waals surface area contributed by atoms with Crippen LogP contribution in [-0.2, 0) is 14.6 Å². The van der Waals surface area contributed by atoms with Gasteiger partial charge in [-0.3, -0.25) is 4.79 Å². The molecule has 0 aromatic rings. The smallest absolute Gasteiger partial charge is 0.237 e. The molecule has 0 radical (unpaired) electrons. The van der Waals surface area contributed by atoms with Gasteiger partial charge in [0.05, 0.1) is 6.61 Å². The van der Waals surface area contributed by atoms with Crippen molar-refractivity contribution in [2.45, 2.75) is 18.9 Å². The van der Waals surface area contributed by atoms with Gasteiger partial charge in [0.2, 0.25) is 5.91 Å². The van der Waals surface area contributed by atoms with Crippen molar-refractivity contribution in [1.29, 1.82) is 0 Å². The topological polar surface area (TPSA) is 86.7 Å². The van der Waals surface area contributed by atoms with E-state index in [2.05, 4.69) is 5.32 Å². The minimum atomic E-state index is -3.31. The molecule has 0 aliphatic carbocycles. The largest absolute Gasteiger partial charge is 0.395 e. The summed E-state index contributed by atoms with van der Waals surface area (Å²) in [4.78, 5) is 13.2. The van der Waals surface area contributed by atoms with Crippen LogP contribution in [0.25, 0.3) is 0 Å². The van der Waals surface area contributed by atoms with E-state index in [-0.39, 0.29) is 19.2 Å². The number of aliphatic hydroxyl groups excluding tert-OH is 1. The first-order valence-electron chi connectivity index (χ1n) is 5.72. The van der Waals surface area contributed by atoms with E-state index in [1.807, 2.05) is 0 Å². The van der Waals surface area contributed by atoms with E-state index in [1.165, 1.54) is 4.90 Å². The molecule has 1 saturated heterocycles. The SMILES string of the molecule is CS(=O)(=O)CC(=O)N(CCO)CC1CCCN1. The van der Waals surface area contributed by atoms with Crippen LogP contribution in [0.3, 0.4) is 0 Å². The Hall–Kier alpha value is -0.660. The Bertz CT molecular complexity index is 349. The highest BCUT2D eigenvalue weighted by Crippen LogP contribution is 2.07. The highest BCUT2D eigenvalue weighted by Gasteiger charge is 2.23. The van der Waals surface area contributed by atoms with Crippen LogP contribution in [0.2, 0.25) is 0 Å².